The third-order valence-electron chi connectivity index (χ3n) is 4.24. The molecule has 0 saturated carbocycles. The van der Waals surface area contributed by atoms with Gasteiger partial charge in [-0.15, -0.1) is 5.10 Å². The Morgan fingerprint density at radius 3 is 2.77 bits per heavy atom. The van der Waals surface area contributed by atoms with E-state index in [-0.39, 0.29) is 11.6 Å². The largest absolute Gasteiger partial charge is 0.492 e. The number of rotatable bonds is 8. The lowest BCUT2D eigenvalue weighted by Gasteiger charge is -2.11. The predicted octanol–water partition coefficient (Wildman–Crippen LogP) is 3.89. The lowest BCUT2D eigenvalue weighted by Crippen LogP contribution is -2.31. The number of amides is 1. The second-order valence-electron chi connectivity index (χ2n) is 6.39. The van der Waals surface area contributed by atoms with Crippen LogP contribution in [0.2, 0.25) is 0 Å². The molecule has 0 aliphatic rings. The Morgan fingerprint density at radius 2 is 2.00 bits per heavy atom. The Hall–Kier alpha value is -3.72. The van der Waals surface area contributed by atoms with Crippen molar-refractivity contribution < 1.29 is 13.9 Å². The van der Waals surface area contributed by atoms with Gasteiger partial charge in [-0.25, -0.2) is 0 Å². The first-order chi connectivity index (χ1) is 15.2. The van der Waals surface area contributed by atoms with Gasteiger partial charge in [0.05, 0.1) is 12.8 Å². The first-order valence-electron chi connectivity index (χ1n) is 9.46. The zero-order chi connectivity index (χ0) is 21.5. The number of nitrogens with zero attached hydrogens (tertiary/aromatic N) is 4. The van der Waals surface area contributed by atoms with E-state index in [0.29, 0.717) is 30.5 Å². The number of halogens is 1. The van der Waals surface area contributed by atoms with E-state index in [1.165, 1.54) is 10.9 Å². The molecule has 0 saturated heterocycles. The van der Waals surface area contributed by atoms with Gasteiger partial charge in [-0.2, -0.15) is 4.68 Å². The Bertz CT molecular complexity index is 1170. The molecule has 4 rings (SSSR count). The highest BCUT2D eigenvalue weighted by molar-refractivity contribution is 9.10. The van der Waals surface area contributed by atoms with Gasteiger partial charge in [0.1, 0.15) is 23.8 Å². The number of hydrogen-bond acceptors (Lipinski definition) is 6. The first kappa shape index (κ1) is 20.5. The average Bonchev–Trinajstić information content (AvgIpc) is 3.47. The van der Waals surface area contributed by atoms with E-state index in [4.69, 9.17) is 9.15 Å². The maximum absolute atomic E-state index is 13.0. The lowest BCUT2D eigenvalue weighted by atomic mass is 10.2. The fourth-order valence-corrected chi connectivity index (χ4v) is 3.21. The quantitative estimate of drug-likeness (QED) is 0.304. The molecule has 0 radical (unpaired) electrons. The van der Waals surface area contributed by atoms with Crippen LogP contribution < -0.4 is 10.1 Å². The molecular formula is C22H18BrN5O3. The highest BCUT2D eigenvalue weighted by Gasteiger charge is 2.19. The van der Waals surface area contributed by atoms with Crippen LogP contribution in [0.4, 0.5) is 0 Å². The molecule has 0 bridgehead atoms. The van der Waals surface area contributed by atoms with Crippen molar-refractivity contribution in [2.75, 3.05) is 13.2 Å². The Morgan fingerprint density at radius 1 is 1.13 bits per heavy atom. The summed E-state index contributed by atoms with van der Waals surface area (Å²) >= 11 is 3.40. The smallest absolute Gasteiger partial charge is 0.270 e. The Labute approximate surface area is 186 Å². The minimum atomic E-state index is -0.362. The van der Waals surface area contributed by atoms with Crippen LogP contribution in [0.1, 0.15) is 5.76 Å². The number of carbonyl (C=O) groups is 1. The predicted molar refractivity (Wildman–Crippen MR) is 119 cm³/mol. The van der Waals surface area contributed by atoms with E-state index < -0.39 is 0 Å². The van der Waals surface area contributed by atoms with Crippen LogP contribution in [0.3, 0.4) is 0 Å². The molecule has 8 nitrogen and oxygen atoms in total. The van der Waals surface area contributed by atoms with Crippen LogP contribution in [0.15, 0.2) is 81.9 Å². The van der Waals surface area contributed by atoms with Crippen molar-refractivity contribution in [3.05, 3.63) is 83.2 Å². The molecular weight excluding hydrogens is 462 g/mol. The topological polar surface area (TPSA) is 95.1 Å². The van der Waals surface area contributed by atoms with E-state index in [2.05, 4.69) is 36.8 Å². The van der Waals surface area contributed by atoms with Gasteiger partial charge in [0.2, 0.25) is 0 Å². The fourth-order valence-electron chi connectivity index (χ4n) is 2.83. The second-order valence-corrected chi connectivity index (χ2v) is 7.30. The van der Waals surface area contributed by atoms with Crippen LogP contribution in [-0.4, -0.2) is 39.3 Å². The van der Waals surface area contributed by atoms with Gasteiger partial charge in [0, 0.05) is 16.1 Å². The normalized spacial score (nSPS) is 11.3. The third-order valence-corrected chi connectivity index (χ3v) is 4.73. The fraction of sp³-hybridized carbons (Fsp3) is 0.0909. The van der Waals surface area contributed by atoms with Gasteiger partial charge in [-0.05, 0) is 40.8 Å². The van der Waals surface area contributed by atoms with Crippen LogP contribution in [0.5, 0.6) is 5.75 Å². The molecule has 4 aromatic rings. The van der Waals surface area contributed by atoms with Gasteiger partial charge in [0.15, 0.2) is 5.82 Å². The number of ether oxygens (including phenoxy) is 1. The summed E-state index contributed by atoms with van der Waals surface area (Å²) in [6.45, 7) is 0.598. The maximum atomic E-state index is 13.0. The summed E-state index contributed by atoms with van der Waals surface area (Å²) in [4.78, 5) is 13.0. The van der Waals surface area contributed by atoms with Crippen LogP contribution in [0.25, 0.3) is 23.2 Å². The number of tetrazole rings is 1. The molecule has 2 heterocycles. The summed E-state index contributed by atoms with van der Waals surface area (Å²) in [6, 6.07) is 20.4. The molecule has 0 spiro atoms. The average molecular weight is 480 g/mol. The Kier molecular flexibility index (Phi) is 6.53. The number of nitrogens with one attached hydrogen (secondary N) is 1. The lowest BCUT2D eigenvalue weighted by molar-refractivity contribution is -0.116. The Balaban J connectivity index is 1.51. The number of aromatic nitrogens is 4. The molecule has 1 amide bonds. The van der Waals surface area contributed by atoms with Crippen molar-refractivity contribution in [2.24, 2.45) is 0 Å². The molecule has 156 valence electrons. The summed E-state index contributed by atoms with van der Waals surface area (Å²) in [5.41, 5.74) is 1.00. The standard InChI is InChI=1S/C22H18BrN5O3/c23-17-8-4-9-18(14-17)31-13-11-24-22(29)20(15-19-10-5-12-30-19)28-21(25-26-27-28)16-6-2-1-3-7-16/h1-10,12,14-15H,11,13H2,(H,24,29)/b20-15-. The van der Waals surface area contributed by atoms with Crippen LogP contribution >= 0.6 is 15.9 Å². The number of carbonyl (C=O) groups excluding carboxylic acids is 1. The van der Waals surface area contributed by atoms with Gasteiger partial charge in [-0.1, -0.05) is 52.3 Å². The minimum Gasteiger partial charge on any atom is -0.492 e. The zero-order valence-electron chi connectivity index (χ0n) is 16.3. The van der Waals surface area contributed by atoms with E-state index in [1.54, 1.807) is 18.2 Å². The molecule has 0 fully saturated rings. The summed E-state index contributed by atoms with van der Waals surface area (Å²) in [5, 5.41) is 14.7. The van der Waals surface area contributed by atoms with Crippen molar-refractivity contribution in [3.63, 3.8) is 0 Å². The molecule has 0 unspecified atom stereocenters. The molecule has 2 aromatic carbocycles. The van der Waals surface area contributed by atoms with Gasteiger partial charge in [0.25, 0.3) is 5.91 Å². The molecule has 9 heteroatoms. The SMILES string of the molecule is O=C(NCCOc1cccc(Br)c1)/C(=C/c1ccco1)n1nnnc1-c1ccccc1. The second kappa shape index (κ2) is 9.86. The highest BCUT2D eigenvalue weighted by Crippen LogP contribution is 2.21. The number of hydrogen-bond donors (Lipinski definition) is 1. The van der Waals surface area contributed by atoms with E-state index in [0.717, 1.165) is 10.0 Å². The van der Waals surface area contributed by atoms with Crippen LogP contribution in [0, 0.1) is 0 Å². The molecule has 2 aromatic heterocycles. The summed E-state index contributed by atoms with van der Waals surface area (Å²) in [6.07, 6.45) is 3.12. The minimum absolute atomic E-state index is 0.223. The van der Waals surface area contributed by atoms with Crippen molar-refractivity contribution in [3.8, 4) is 17.1 Å². The van der Waals surface area contributed by atoms with Crippen molar-refractivity contribution >= 4 is 33.6 Å². The van der Waals surface area contributed by atoms with E-state index in [9.17, 15) is 4.79 Å². The van der Waals surface area contributed by atoms with Gasteiger partial charge in [-0.3, -0.25) is 4.79 Å². The van der Waals surface area contributed by atoms with Gasteiger partial charge < -0.3 is 14.5 Å². The summed E-state index contributed by atoms with van der Waals surface area (Å²) < 4.78 is 13.4. The van der Waals surface area contributed by atoms with Crippen molar-refractivity contribution in [1.29, 1.82) is 0 Å². The molecule has 1 N–H and O–H groups in total. The third kappa shape index (κ3) is 5.26. The molecule has 31 heavy (non-hydrogen) atoms. The van der Waals surface area contributed by atoms with Gasteiger partial charge >= 0.3 is 0 Å². The molecule has 0 aliphatic heterocycles. The molecule has 0 aliphatic carbocycles. The number of benzene rings is 2. The summed E-state index contributed by atoms with van der Waals surface area (Å²) in [5.74, 6) is 1.30. The van der Waals surface area contributed by atoms with E-state index >= 15 is 0 Å². The molecule has 0 atom stereocenters. The van der Waals surface area contributed by atoms with Crippen LogP contribution in [-0.2, 0) is 4.79 Å². The monoisotopic (exact) mass is 479 g/mol. The highest BCUT2D eigenvalue weighted by atomic mass is 79.9. The van der Waals surface area contributed by atoms with E-state index in [1.807, 2.05) is 54.6 Å². The number of furan rings is 1. The maximum Gasteiger partial charge on any atom is 0.270 e. The van der Waals surface area contributed by atoms with Crippen molar-refractivity contribution in [2.45, 2.75) is 0 Å². The zero-order valence-corrected chi connectivity index (χ0v) is 17.9. The van der Waals surface area contributed by atoms with Crippen molar-refractivity contribution in [1.82, 2.24) is 25.5 Å². The summed E-state index contributed by atoms with van der Waals surface area (Å²) in [7, 11) is 0. The first-order valence-corrected chi connectivity index (χ1v) is 10.3.